The summed E-state index contributed by atoms with van der Waals surface area (Å²) in [6, 6.07) is 0. The Hall–Kier alpha value is -1.16. The Morgan fingerprint density at radius 3 is 3.00 bits per heavy atom. The fraction of sp³-hybridized carbons (Fsp3) is 0.400. The number of aromatic amines is 1. The lowest BCUT2D eigenvalue weighted by Gasteiger charge is -1.90. The first-order chi connectivity index (χ1) is 6.72. The number of aliphatic carboxylic acids is 1. The number of H-pyrrole nitrogens is 1. The Bertz CT molecular complexity index is 303. The second kappa shape index (κ2) is 5.54. The molecule has 0 fully saturated rings. The van der Waals surface area contributed by atoms with Crippen LogP contribution in [0.5, 0.6) is 0 Å². The van der Waals surface area contributed by atoms with Crippen molar-refractivity contribution >= 4 is 18.0 Å². The maximum absolute atomic E-state index is 10.2. The average Bonchev–Trinajstić information content (AvgIpc) is 2.59. The van der Waals surface area contributed by atoms with E-state index in [0.29, 0.717) is 17.9 Å². The van der Waals surface area contributed by atoms with Gasteiger partial charge in [0.2, 0.25) is 5.16 Å². The largest absolute Gasteiger partial charge is 0.481 e. The number of hydrogen-bond acceptors (Lipinski definition) is 7. The van der Waals surface area contributed by atoms with Gasteiger partial charge in [0.1, 0.15) is 17.9 Å². The van der Waals surface area contributed by atoms with Crippen LogP contribution in [0.3, 0.4) is 0 Å². The molecule has 3 N–H and O–H groups in total. The monoisotopic (exact) mass is 221 g/mol. The smallest absolute Gasteiger partial charge is 0.303 e. The first-order valence-electron chi connectivity index (χ1n) is 3.50. The van der Waals surface area contributed by atoms with Gasteiger partial charge in [0.05, 0.1) is 6.42 Å². The van der Waals surface area contributed by atoms with Gasteiger partial charge in [0, 0.05) is 6.42 Å². The molecule has 78 valence electrons. The van der Waals surface area contributed by atoms with Crippen LogP contribution in [0.15, 0.2) is 5.16 Å². The predicted octanol–water partition coefficient (Wildman–Crippen LogP) is 0.250. The zero-order chi connectivity index (χ0) is 10.4. The standard InChI is InChI=1S/C5H7N3O5S/c9-4(10)2-1-3-6-5(8-7-3)14-13-12-11/h11H,1-2H2,(H,9,10)(H,6,7,8). The van der Waals surface area contributed by atoms with E-state index in [9.17, 15) is 4.79 Å². The second-order valence-corrected chi connectivity index (χ2v) is 2.89. The summed E-state index contributed by atoms with van der Waals surface area (Å²) in [5.41, 5.74) is 0. The van der Waals surface area contributed by atoms with Gasteiger partial charge in [-0.15, -0.1) is 14.5 Å². The predicted molar refractivity (Wildman–Crippen MR) is 43.0 cm³/mol. The van der Waals surface area contributed by atoms with E-state index in [0.717, 1.165) is 0 Å². The quantitative estimate of drug-likeness (QED) is 0.355. The number of carboxylic acids is 1. The number of nitrogens with one attached hydrogen (secondary N) is 1. The minimum Gasteiger partial charge on any atom is -0.481 e. The Labute approximate surface area is 82.3 Å². The van der Waals surface area contributed by atoms with Crippen molar-refractivity contribution in [3.63, 3.8) is 0 Å². The topological polar surface area (TPSA) is 118 Å². The van der Waals surface area contributed by atoms with Crippen LogP contribution in [0, 0.1) is 0 Å². The molecule has 1 rings (SSSR count). The Balaban J connectivity index is 2.38. The third-order valence-corrected chi connectivity index (χ3v) is 1.70. The number of carboxylic acid groups (broad SMARTS) is 1. The number of hydrogen-bond donors (Lipinski definition) is 3. The Kier molecular flexibility index (Phi) is 4.32. The highest BCUT2D eigenvalue weighted by atomic mass is 32.2. The van der Waals surface area contributed by atoms with E-state index in [4.69, 9.17) is 10.4 Å². The van der Waals surface area contributed by atoms with Crippen LogP contribution in [-0.4, -0.2) is 31.5 Å². The van der Waals surface area contributed by atoms with Crippen LogP contribution in [0.4, 0.5) is 0 Å². The molecule has 0 saturated heterocycles. The Morgan fingerprint density at radius 2 is 2.36 bits per heavy atom. The fourth-order valence-electron chi connectivity index (χ4n) is 0.702. The van der Waals surface area contributed by atoms with E-state index in [1.165, 1.54) is 0 Å². The van der Waals surface area contributed by atoms with Crippen molar-refractivity contribution in [1.29, 1.82) is 0 Å². The minimum absolute atomic E-state index is 0.0311. The van der Waals surface area contributed by atoms with E-state index in [1.54, 1.807) is 0 Å². The first kappa shape index (κ1) is 10.9. The summed E-state index contributed by atoms with van der Waals surface area (Å²) in [5, 5.41) is 27.0. The SMILES string of the molecule is O=C(O)CCc1nnc(SOOO)[nH]1. The number of aryl methyl sites for hydroxylation is 1. The second-order valence-electron chi connectivity index (χ2n) is 2.20. The summed E-state index contributed by atoms with van der Waals surface area (Å²) < 4.78 is 4.08. The van der Waals surface area contributed by atoms with Gasteiger partial charge in [-0.2, -0.15) is 0 Å². The van der Waals surface area contributed by atoms with Gasteiger partial charge >= 0.3 is 5.97 Å². The average molecular weight is 221 g/mol. The molecule has 0 aliphatic carbocycles. The van der Waals surface area contributed by atoms with Gasteiger partial charge in [0.15, 0.2) is 0 Å². The molecule has 1 heterocycles. The molecule has 8 nitrogen and oxygen atoms in total. The third-order valence-electron chi connectivity index (χ3n) is 1.23. The summed E-state index contributed by atoms with van der Waals surface area (Å²) in [6.07, 6.45) is 0.222. The van der Waals surface area contributed by atoms with Crippen molar-refractivity contribution in [3.05, 3.63) is 5.82 Å². The molecule has 0 saturated carbocycles. The molecule has 0 bridgehead atoms. The normalized spacial score (nSPS) is 10.4. The molecule has 1 aromatic heterocycles. The minimum atomic E-state index is -0.912. The van der Waals surface area contributed by atoms with Crippen molar-refractivity contribution in [2.45, 2.75) is 18.0 Å². The van der Waals surface area contributed by atoms with Gasteiger partial charge < -0.3 is 10.1 Å². The van der Waals surface area contributed by atoms with Crippen molar-refractivity contribution in [2.75, 3.05) is 0 Å². The number of nitrogens with zero attached hydrogens (tertiary/aromatic N) is 2. The zero-order valence-electron chi connectivity index (χ0n) is 6.84. The lowest BCUT2D eigenvalue weighted by molar-refractivity contribution is -0.432. The summed E-state index contributed by atoms with van der Waals surface area (Å²) in [4.78, 5) is 12.9. The highest BCUT2D eigenvalue weighted by Crippen LogP contribution is 2.13. The van der Waals surface area contributed by atoms with E-state index >= 15 is 0 Å². The van der Waals surface area contributed by atoms with Gasteiger partial charge in [0.25, 0.3) is 0 Å². The number of rotatable bonds is 6. The highest BCUT2D eigenvalue weighted by Gasteiger charge is 2.06. The number of carbonyl (C=O) groups is 1. The van der Waals surface area contributed by atoms with Crippen molar-refractivity contribution in [3.8, 4) is 0 Å². The molecular formula is C5H7N3O5S. The third kappa shape index (κ3) is 3.70. The summed E-state index contributed by atoms with van der Waals surface area (Å²) >= 11 is 0.627. The molecule has 0 unspecified atom stereocenters. The molecular weight excluding hydrogens is 214 g/mol. The summed E-state index contributed by atoms with van der Waals surface area (Å²) in [6.45, 7) is 0. The molecule has 9 heteroatoms. The lowest BCUT2D eigenvalue weighted by atomic mass is 10.3. The van der Waals surface area contributed by atoms with Crippen LogP contribution in [0.2, 0.25) is 0 Å². The lowest BCUT2D eigenvalue weighted by Crippen LogP contribution is -1.98. The van der Waals surface area contributed by atoms with Gasteiger partial charge in [-0.3, -0.25) is 4.79 Å². The molecule has 0 aromatic carbocycles. The maximum Gasteiger partial charge on any atom is 0.303 e. The van der Waals surface area contributed by atoms with Crippen LogP contribution < -0.4 is 0 Å². The van der Waals surface area contributed by atoms with Crippen molar-refractivity contribution < 1.29 is 24.5 Å². The molecule has 0 aliphatic rings. The van der Waals surface area contributed by atoms with Gasteiger partial charge in [-0.1, -0.05) is 5.04 Å². The maximum atomic E-state index is 10.2. The highest BCUT2D eigenvalue weighted by molar-refractivity contribution is 7.94. The summed E-state index contributed by atoms with van der Waals surface area (Å²) in [5.74, 6) is -0.484. The molecule has 0 spiro atoms. The van der Waals surface area contributed by atoms with E-state index in [1.807, 2.05) is 0 Å². The molecule has 0 amide bonds. The van der Waals surface area contributed by atoms with E-state index < -0.39 is 5.97 Å². The molecule has 0 aliphatic heterocycles. The molecule has 14 heavy (non-hydrogen) atoms. The molecule has 0 radical (unpaired) electrons. The van der Waals surface area contributed by atoms with Gasteiger partial charge in [-0.25, -0.2) is 5.26 Å². The Morgan fingerprint density at radius 1 is 1.57 bits per heavy atom. The van der Waals surface area contributed by atoms with Crippen molar-refractivity contribution in [2.24, 2.45) is 0 Å². The fourth-order valence-corrected chi connectivity index (χ4v) is 1.03. The van der Waals surface area contributed by atoms with Gasteiger partial charge in [-0.05, 0) is 0 Å². The van der Waals surface area contributed by atoms with Crippen LogP contribution >= 0.6 is 12.0 Å². The molecule has 1 aromatic rings. The van der Waals surface area contributed by atoms with Crippen LogP contribution in [0.1, 0.15) is 12.2 Å². The summed E-state index contributed by atoms with van der Waals surface area (Å²) in [7, 11) is 0. The van der Waals surface area contributed by atoms with E-state index in [2.05, 4.69) is 24.6 Å². The van der Waals surface area contributed by atoms with Crippen LogP contribution in [-0.2, 0) is 20.6 Å². The van der Waals surface area contributed by atoms with E-state index in [-0.39, 0.29) is 18.0 Å². The molecule has 0 atom stereocenters. The van der Waals surface area contributed by atoms with Crippen molar-refractivity contribution in [1.82, 2.24) is 15.2 Å². The number of aromatic nitrogens is 3. The van der Waals surface area contributed by atoms with Crippen LogP contribution in [0.25, 0.3) is 0 Å². The zero-order valence-corrected chi connectivity index (χ0v) is 7.65. The first-order valence-corrected chi connectivity index (χ1v) is 4.24.